The molecule has 3 aromatic carbocycles. The number of phenolic OH excluding ortho intramolecular Hbond substituents is 3. The van der Waals surface area contributed by atoms with Crippen molar-refractivity contribution in [3.05, 3.63) is 39.9 Å². The van der Waals surface area contributed by atoms with E-state index in [9.17, 15) is 20.1 Å². The number of aldehydes is 1. The second-order valence-corrected chi connectivity index (χ2v) is 7.52. The van der Waals surface area contributed by atoms with Crippen LogP contribution in [-0.2, 0) is 56.6 Å². The highest BCUT2D eigenvalue weighted by Crippen LogP contribution is 2.49. The van der Waals surface area contributed by atoms with E-state index in [2.05, 4.69) is 0 Å². The van der Waals surface area contributed by atoms with Crippen molar-refractivity contribution in [3.63, 3.8) is 0 Å². The molecule has 3 N–H and O–H groups in total. The van der Waals surface area contributed by atoms with Crippen LogP contribution in [-0.4, -0.2) is 50.0 Å². The lowest BCUT2D eigenvalue weighted by Gasteiger charge is -2.22. The van der Waals surface area contributed by atoms with E-state index in [0.29, 0.717) is 38.6 Å². The van der Waals surface area contributed by atoms with Crippen molar-refractivity contribution in [1.82, 2.24) is 0 Å². The van der Waals surface area contributed by atoms with Crippen LogP contribution in [0.4, 0.5) is 0 Å². The van der Waals surface area contributed by atoms with Crippen molar-refractivity contribution in [2.45, 2.75) is 32.8 Å². The van der Waals surface area contributed by atoms with Crippen molar-refractivity contribution < 1.29 is 39.1 Å². The molecule has 0 heterocycles. The van der Waals surface area contributed by atoms with Crippen LogP contribution in [0.2, 0.25) is 0 Å². The molecule has 8 nitrogen and oxygen atoms in total. The molecule has 0 spiro atoms. The molecule has 0 aliphatic carbocycles. The molecular weight excluding hydrogens is 416 g/mol. The molecule has 0 fully saturated rings. The number of phenols is 3. The van der Waals surface area contributed by atoms with E-state index in [1.165, 1.54) is 28.4 Å². The number of aromatic hydroxyl groups is 3. The molecule has 0 aliphatic rings. The van der Waals surface area contributed by atoms with Crippen LogP contribution < -0.4 is 0 Å². The lowest BCUT2D eigenvalue weighted by molar-refractivity contribution is -0.107. The highest BCUT2D eigenvalue weighted by atomic mass is 16.5. The fourth-order valence-electron chi connectivity index (χ4n) is 4.34. The Labute approximate surface area is 185 Å². The van der Waals surface area contributed by atoms with Gasteiger partial charge in [-0.25, -0.2) is 0 Å². The first-order chi connectivity index (χ1) is 15.4. The molecule has 3 rings (SSSR count). The Balaban J connectivity index is 2.66. The molecule has 0 amide bonds. The predicted octanol–water partition coefficient (Wildman–Crippen LogP) is 3.44. The highest BCUT2D eigenvalue weighted by molar-refractivity contribution is 6.15. The van der Waals surface area contributed by atoms with Gasteiger partial charge < -0.3 is 39.1 Å². The Hall–Kier alpha value is -2.91. The molecule has 0 saturated carbocycles. The maximum absolute atomic E-state index is 11.7. The fraction of sp³-hybridized carbons (Fsp3) is 0.375. The topological polar surface area (TPSA) is 115 Å². The summed E-state index contributed by atoms with van der Waals surface area (Å²) in [5.74, 6) is -0.665. The molecule has 0 aliphatic heterocycles. The summed E-state index contributed by atoms with van der Waals surface area (Å²) in [4.78, 5) is 11.7. The van der Waals surface area contributed by atoms with Gasteiger partial charge in [0, 0.05) is 46.0 Å². The van der Waals surface area contributed by atoms with Crippen LogP contribution >= 0.6 is 0 Å². The summed E-state index contributed by atoms with van der Waals surface area (Å²) in [6, 6.07) is 3.47. The first kappa shape index (κ1) is 23.7. The number of methoxy groups -OCH3 is 4. The molecule has 0 aromatic heterocycles. The molecule has 172 valence electrons. The molecule has 0 bridgehead atoms. The number of fused-ring (bicyclic) bond motifs is 2. The van der Waals surface area contributed by atoms with Gasteiger partial charge in [-0.3, -0.25) is 0 Å². The van der Waals surface area contributed by atoms with Gasteiger partial charge in [0.15, 0.2) is 0 Å². The lowest BCUT2D eigenvalue weighted by Crippen LogP contribution is -2.04. The van der Waals surface area contributed by atoms with Gasteiger partial charge in [-0.05, 0) is 39.6 Å². The van der Waals surface area contributed by atoms with Crippen molar-refractivity contribution in [2.24, 2.45) is 0 Å². The largest absolute Gasteiger partial charge is 0.507 e. The van der Waals surface area contributed by atoms with Crippen LogP contribution in [0.1, 0.15) is 27.8 Å². The van der Waals surface area contributed by atoms with Gasteiger partial charge in [-0.2, -0.15) is 0 Å². The second kappa shape index (κ2) is 10.1. The van der Waals surface area contributed by atoms with Gasteiger partial charge in [0.05, 0.1) is 37.2 Å². The Kier molecular flexibility index (Phi) is 7.52. The summed E-state index contributed by atoms with van der Waals surface area (Å²) in [6.07, 6.45) is 0.742. The zero-order valence-electron chi connectivity index (χ0n) is 18.7. The van der Waals surface area contributed by atoms with Gasteiger partial charge in [0.1, 0.15) is 23.5 Å². The fourth-order valence-corrected chi connectivity index (χ4v) is 4.34. The van der Waals surface area contributed by atoms with Crippen molar-refractivity contribution >= 4 is 27.8 Å². The SMILES string of the molecule is COCc1cc(COC)c2c(CC=O)c3c(COC)cc(COC)c(O)c3c(O)c2c1O. The van der Waals surface area contributed by atoms with Crippen molar-refractivity contribution in [2.75, 3.05) is 28.4 Å². The second-order valence-electron chi connectivity index (χ2n) is 7.52. The van der Waals surface area contributed by atoms with Gasteiger partial charge in [-0.15, -0.1) is 0 Å². The molecule has 0 saturated heterocycles. The van der Waals surface area contributed by atoms with Crippen LogP contribution in [0.25, 0.3) is 21.5 Å². The molecule has 0 radical (unpaired) electrons. The number of rotatable bonds is 10. The normalized spacial score (nSPS) is 11.5. The quantitative estimate of drug-likeness (QED) is 0.322. The number of benzene rings is 3. The van der Waals surface area contributed by atoms with Gasteiger partial charge in [0.2, 0.25) is 0 Å². The summed E-state index contributed by atoms with van der Waals surface area (Å²) < 4.78 is 21.1. The summed E-state index contributed by atoms with van der Waals surface area (Å²) in [6.45, 7) is 0.558. The molecular formula is C24H28O8. The van der Waals surface area contributed by atoms with Gasteiger partial charge >= 0.3 is 0 Å². The molecule has 8 heteroatoms. The maximum Gasteiger partial charge on any atom is 0.138 e. The number of hydrogen-bond donors (Lipinski definition) is 3. The molecule has 3 aromatic rings. The minimum absolute atomic E-state index is 0.00711. The third kappa shape index (κ3) is 3.98. The number of hydrogen-bond acceptors (Lipinski definition) is 8. The minimum atomic E-state index is -0.301. The Morgan fingerprint density at radius 3 is 1.34 bits per heavy atom. The van der Waals surface area contributed by atoms with Crippen LogP contribution in [0, 0.1) is 0 Å². The van der Waals surface area contributed by atoms with E-state index in [1.807, 2.05) is 0 Å². The van der Waals surface area contributed by atoms with E-state index in [1.54, 1.807) is 12.1 Å². The Morgan fingerprint density at radius 1 is 0.625 bits per heavy atom. The summed E-state index contributed by atoms with van der Waals surface area (Å²) in [5.41, 5.74) is 2.79. The van der Waals surface area contributed by atoms with Gasteiger partial charge in [0.25, 0.3) is 0 Å². The predicted molar refractivity (Wildman–Crippen MR) is 119 cm³/mol. The number of carbonyl (C=O) groups excluding carboxylic acids is 1. The van der Waals surface area contributed by atoms with E-state index < -0.39 is 0 Å². The lowest BCUT2D eigenvalue weighted by atomic mass is 9.86. The third-order valence-electron chi connectivity index (χ3n) is 5.49. The van der Waals surface area contributed by atoms with Crippen LogP contribution in [0.3, 0.4) is 0 Å². The molecule has 32 heavy (non-hydrogen) atoms. The first-order valence-electron chi connectivity index (χ1n) is 10.0. The third-order valence-corrected chi connectivity index (χ3v) is 5.49. The zero-order valence-corrected chi connectivity index (χ0v) is 18.7. The standard InChI is InChI=1S/C24H28O8/c1-29-9-13-7-15(11-31-3)22(26)20-18(13)17(5-6-25)19-14(10-30-2)8-16(12-32-4)23(27)21(19)24(20)28/h6-8,26-28H,5,9-12H2,1-4H3. The summed E-state index contributed by atoms with van der Waals surface area (Å²) >= 11 is 0. The monoisotopic (exact) mass is 444 g/mol. The summed E-state index contributed by atoms with van der Waals surface area (Å²) in [7, 11) is 6.07. The van der Waals surface area contributed by atoms with Crippen LogP contribution in [0.5, 0.6) is 17.2 Å². The number of ether oxygens (including phenoxy) is 4. The van der Waals surface area contributed by atoms with E-state index >= 15 is 0 Å². The average molecular weight is 444 g/mol. The van der Waals surface area contributed by atoms with E-state index in [-0.39, 0.29) is 60.9 Å². The average Bonchev–Trinajstić information content (AvgIpc) is 2.76. The van der Waals surface area contributed by atoms with E-state index in [4.69, 9.17) is 18.9 Å². The van der Waals surface area contributed by atoms with E-state index in [0.717, 1.165) is 6.29 Å². The zero-order chi connectivity index (χ0) is 23.4. The molecule has 0 atom stereocenters. The Bertz CT molecular complexity index is 1070. The summed E-state index contributed by atoms with van der Waals surface area (Å²) in [5, 5.41) is 34.7. The Morgan fingerprint density at radius 2 is 1.00 bits per heavy atom. The van der Waals surface area contributed by atoms with Crippen molar-refractivity contribution in [1.29, 1.82) is 0 Å². The van der Waals surface area contributed by atoms with Crippen molar-refractivity contribution in [3.8, 4) is 17.2 Å². The maximum atomic E-state index is 11.7. The van der Waals surface area contributed by atoms with Gasteiger partial charge in [-0.1, -0.05) is 0 Å². The smallest absolute Gasteiger partial charge is 0.138 e. The highest BCUT2D eigenvalue weighted by Gasteiger charge is 2.26. The van der Waals surface area contributed by atoms with Crippen LogP contribution in [0.15, 0.2) is 12.1 Å². The minimum Gasteiger partial charge on any atom is -0.507 e. The first-order valence-corrected chi connectivity index (χ1v) is 10.0. The number of carbonyl (C=O) groups is 1. The molecule has 0 unspecified atom stereocenters.